The van der Waals surface area contributed by atoms with Crippen LogP contribution in [0.4, 0.5) is 10.1 Å². The Kier molecular flexibility index (Phi) is 4.30. The lowest BCUT2D eigenvalue weighted by Crippen LogP contribution is -2.13. The van der Waals surface area contributed by atoms with Gasteiger partial charge < -0.3 is 11.1 Å². The molecule has 1 aromatic heterocycles. The molecule has 0 spiro atoms. The number of anilines is 1. The molecule has 1 heterocycles. The first-order chi connectivity index (χ1) is 11.5. The molecular formula is C16H11FN4O2S. The van der Waals surface area contributed by atoms with E-state index in [1.54, 1.807) is 12.1 Å². The molecule has 0 unspecified atom stereocenters. The van der Waals surface area contributed by atoms with Crippen LogP contribution in [0, 0.1) is 5.82 Å². The molecule has 0 aliphatic rings. The minimum Gasteiger partial charge on any atom is -0.366 e. The molecule has 8 heteroatoms. The van der Waals surface area contributed by atoms with E-state index < -0.39 is 11.8 Å². The van der Waals surface area contributed by atoms with E-state index in [2.05, 4.69) is 14.9 Å². The van der Waals surface area contributed by atoms with Crippen molar-refractivity contribution >= 4 is 29.0 Å². The highest BCUT2D eigenvalue weighted by atomic mass is 32.1. The summed E-state index contributed by atoms with van der Waals surface area (Å²) in [5.74, 6) is -1.31. The molecule has 0 saturated heterocycles. The third-order valence-electron chi connectivity index (χ3n) is 3.24. The summed E-state index contributed by atoms with van der Waals surface area (Å²) >= 11 is 0.943. The van der Waals surface area contributed by atoms with Crippen molar-refractivity contribution in [3.05, 3.63) is 64.8 Å². The van der Waals surface area contributed by atoms with Crippen LogP contribution < -0.4 is 11.1 Å². The molecule has 0 saturated carbocycles. The van der Waals surface area contributed by atoms with Crippen molar-refractivity contribution in [3.8, 4) is 11.3 Å². The van der Waals surface area contributed by atoms with Crippen LogP contribution in [0.15, 0.2) is 48.5 Å². The standard InChI is InChI=1S/C16H11FN4O2S/c17-11-5-1-9(2-6-11)13-14(24-21-20-13)16(23)19-12-7-3-10(4-8-12)15(18)22/h1-8H,(H2,18,22)(H,19,23). The zero-order valence-electron chi connectivity index (χ0n) is 12.2. The monoisotopic (exact) mass is 342 g/mol. The van der Waals surface area contributed by atoms with Crippen molar-refractivity contribution in [1.82, 2.24) is 9.59 Å². The molecule has 6 nitrogen and oxygen atoms in total. The number of aromatic nitrogens is 2. The highest BCUT2D eigenvalue weighted by molar-refractivity contribution is 7.08. The predicted molar refractivity (Wildman–Crippen MR) is 88.2 cm³/mol. The second-order valence-corrected chi connectivity index (χ2v) is 5.61. The zero-order chi connectivity index (χ0) is 17.1. The summed E-state index contributed by atoms with van der Waals surface area (Å²) in [7, 11) is 0. The van der Waals surface area contributed by atoms with Gasteiger partial charge in [0, 0.05) is 16.8 Å². The van der Waals surface area contributed by atoms with Crippen LogP contribution in [0.3, 0.4) is 0 Å². The van der Waals surface area contributed by atoms with Crippen LogP contribution in [0.5, 0.6) is 0 Å². The number of nitrogens with two attached hydrogens (primary N) is 1. The van der Waals surface area contributed by atoms with Gasteiger partial charge in [-0.1, -0.05) is 4.49 Å². The third kappa shape index (κ3) is 3.28. The van der Waals surface area contributed by atoms with Gasteiger partial charge >= 0.3 is 0 Å². The number of nitrogens with zero attached hydrogens (tertiary/aromatic N) is 2. The number of nitrogens with one attached hydrogen (secondary N) is 1. The average Bonchev–Trinajstić information content (AvgIpc) is 3.06. The first-order valence-electron chi connectivity index (χ1n) is 6.84. The minimum atomic E-state index is -0.543. The SMILES string of the molecule is NC(=O)c1ccc(NC(=O)c2snnc2-c2ccc(F)cc2)cc1. The molecule has 0 aliphatic carbocycles. The van der Waals surface area contributed by atoms with E-state index in [0.29, 0.717) is 27.4 Å². The number of amides is 2. The zero-order valence-corrected chi connectivity index (χ0v) is 13.0. The maximum Gasteiger partial charge on any atom is 0.269 e. The van der Waals surface area contributed by atoms with Gasteiger partial charge in [-0.25, -0.2) is 4.39 Å². The Hall–Kier alpha value is -3.13. The quantitative estimate of drug-likeness (QED) is 0.761. The summed E-state index contributed by atoms with van der Waals surface area (Å²) in [6.07, 6.45) is 0. The lowest BCUT2D eigenvalue weighted by atomic mass is 10.1. The largest absolute Gasteiger partial charge is 0.366 e. The smallest absolute Gasteiger partial charge is 0.269 e. The number of rotatable bonds is 4. The first-order valence-corrected chi connectivity index (χ1v) is 7.61. The number of hydrogen-bond acceptors (Lipinski definition) is 5. The maximum absolute atomic E-state index is 13.0. The van der Waals surface area contributed by atoms with Gasteiger partial charge in [-0.3, -0.25) is 9.59 Å². The van der Waals surface area contributed by atoms with E-state index in [-0.39, 0.29) is 5.82 Å². The van der Waals surface area contributed by atoms with Gasteiger partial charge in [-0.2, -0.15) is 0 Å². The van der Waals surface area contributed by atoms with Crippen LogP contribution in [-0.2, 0) is 0 Å². The van der Waals surface area contributed by atoms with Gasteiger partial charge in [0.05, 0.1) is 0 Å². The van der Waals surface area contributed by atoms with Gasteiger partial charge in [0.2, 0.25) is 5.91 Å². The van der Waals surface area contributed by atoms with Gasteiger partial charge in [0.25, 0.3) is 5.91 Å². The number of carbonyl (C=O) groups is 2. The number of halogens is 1. The molecule has 0 atom stereocenters. The molecule has 2 aromatic carbocycles. The second-order valence-electron chi connectivity index (χ2n) is 4.85. The number of carbonyl (C=O) groups excluding carboxylic acids is 2. The molecule has 0 radical (unpaired) electrons. The lowest BCUT2D eigenvalue weighted by molar-refractivity contribution is 0.0998. The van der Waals surface area contributed by atoms with Crippen molar-refractivity contribution < 1.29 is 14.0 Å². The van der Waals surface area contributed by atoms with Crippen LogP contribution in [0.1, 0.15) is 20.0 Å². The van der Waals surface area contributed by atoms with Gasteiger partial charge in [-0.05, 0) is 60.1 Å². The highest BCUT2D eigenvalue weighted by Gasteiger charge is 2.18. The Morgan fingerprint density at radius 1 is 1.04 bits per heavy atom. The molecule has 24 heavy (non-hydrogen) atoms. The molecular weight excluding hydrogens is 331 g/mol. The normalized spacial score (nSPS) is 10.4. The Labute approximate surface area is 140 Å². The molecule has 0 aliphatic heterocycles. The summed E-state index contributed by atoms with van der Waals surface area (Å²) in [5.41, 5.74) is 7.00. The van der Waals surface area contributed by atoms with Crippen LogP contribution >= 0.6 is 11.5 Å². The molecule has 0 fully saturated rings. The number of benzene rings is 2. The van der Waals surface area contributed by atoms with Gasteiger partial charge in [-0.15, -0.1) is 5.10 Å². The molecule has 3 rings (SSSR count). The average molecular weight is 342 g/mol. The van der Waals surface area contributed by atoms with Gasteiger partial charge in [0.1, 0.15) is 16.4 Å². The number of hydrogen-bond donors (Lipinski definition) is 2. The van der Waals surface area contributed by atoms with Crippen LogP contribution in [0.25, 0.3) is 11.3 Å². The van der Waals surface area contributed by atoms with Crippen molar-refractivity contribution in [3.63, 3.8) is 0 Å². The first kappa shape index (κ1) is 15.8. The van der Waals surface area contributed by atoms with E-state index in [1.807, 2.05) is 0 Å². The van der Waals surface area contributed by atoms with E-state index in [9.17, 15) is 14.0 Å². The summed E-state index contributed by atoms with van der Waals surface area (Å²) in [5, 5.41) is 6.64. The minimum absolute atomic E-state index is 0.306. The molecule has 3 aromatic rings. The fraction of sp³-hybridized carbons (Fsp3) is 0. The molecule has 2 amide bonds. The second kappa shape index (κ2) is 6.55. The van der Waals surface area contributed by atoms with Crippen molar-refractivity contribution in [2.24, 2.45) is 5.73 Å². The topological polar surface area (TPSA) is 98.0 Å². The number of primary amides is 1. The van der Waals surface area contributed by atoms with E-state index in [0.717, 1.165) is 11.5 Å². The Morgan fingerprint density at radius 3 is 2.33 bits per heavy atom. The van der Waals surface area contributed by atoms with Crippen molar-refractivity contribution in [2.75, 3.05) is 5.32 Å². The predicted octanol–water partition coefficient (Wildman–Crippen LogP) is 2.70. The summed E-state index contributed by atoms with van der Waals surface area (Å²) in [6.45, 7) is 0. The van der Waals surface area contributed by atoms with Gasteiger partial charge in [0.15, 0.2) is 0 Å². The maximum atomic E-state index is 13.0. The Bertz CT molecular complexity index is 891. The fourth-order valence-electron chi connectivity index (χ4n) is 2.04. The van der Waals surface area contributed by atoms with Crippen molar-refractivity contribution in [2.45, 2.75) is 0 Å². The Morgan fingerprint density at radius 2 is 1.71 bits per heavy atom. The highest BCUT2D eigenvalue weighted by Crippen LogP contribution is 2.25. The third-order valence-corrected chi connectivity index (χ3v) is 3.96. The molecule has 3 N–H and O–H groups in total. The van der Waals surface area contributed by atoms with Crippen molar-refractivity contribution in [1.29, 1.82) is 0 Å². The summed E-state index contributed by atoms with van der Waals surface area (Å²) in [4.78, 5) is 23.8. The van der Waals surface area contributed by atoms with E-state index in [1.165, 1.54) is 36.4 Å². The molecule has 120 valence electrons. The molecule has 0 bridgehead atoms. The van der Waals surface area contributed by atoms with Crippen LogP contribution in [0.2, 0.25) is 0 Å². The Balaban J connectivity index is 1.82. The lowest BCUT2D eigenvalue weighted by Gasteiger charge is -2.05. The summed E-state index contributed by atoms with van der Waals surface area (Å²) in [6, 6.07) is 11.8. The summed E-state index contributed by atoms with van der Waals surface area (Å²) < 4.78 is 16.8. The van der Waals surface area contributed by atoms with Crippen LogP contribution in [-0.4, -0.2) is 21.4 Å². The van der Waals surface area contributed by atoms with E-state index in [4.69, 9.17) is 5.73 Å². The van der Waals surface area contributed by atoms with E-state index >= 15 is 0 Å². The fourth-order valence-corrected chi connectivity index (χ4v) is 2.63.